The molecule has 1 saturated carbocycles. The number of nitrogens with two attached hydrogens (primary N) is 1. The zero-order valence-electron chi connectivity index (χ0n) is 16.4. The standard InChI is InChI=1S/C19H20Cl2N4O.C2H6/c1-19(16(26)11-2-3-14(20)15(21)8-11)6-4-12(9-19)25-7-5-13-17(22)23-10-24-18(13)25;1-2/h2-3,5,7-8,10,12,16,26H,4,6,9H2,1H3,(H2,22,23,24);1-2H3/t12?,16?,19-;/m1./s1. The largest absolute Gasteiger partial charge is 0.388 e. The van der Waals surface area contributed by atoms with E-state index in [1.807, 2.05) is 32.2 Å². The van der Waals surface area contributed by atoms with Gasteiger partial charge in [0.25, 0.3) is 0 Å². The maximum absolute atomic E-state index is 11.0. The van der Waals surface area contributed by atoms with Crippen molar-refractivity contribution in [2.45, 2.75) is 52.2 Å². The first-order valence-corrected chi connectivity index (χ1v) is 10.3. The van der Waals surface area contributed by atoms with E-state index in [2.05, 4.69) is 21.5 Å². The smallest absolute Gasteiger partial charge is 0.145 e. The predicted molar refractivity (Wildman–Crippen MR) is 116 cm³/mol. The Hall–Kier alpha value is -1.82. The van der Waals surface area contributed by atoms with Crippen LogP contribution in [0.2, 0.25) is 10.0 Å². The van der Waals surface area contributed by atoms with Crippen molar-refractivity contribution < 1.29 is 5.11 Å². The van der Waals surface area contributed by atoms with Crippen molar-refractivity contribution in [1.29, 1.82) is 0 Å². The molecule has 0 spiro atoms. The maximum Gasteiger partial charge on any atom is 0.145 e. The number of nitrogens with zero attached hydrogens (tertiary/aromatic N) is 3. The van der Waals surface area contributed by atoms with E-state index < -0.39 is 6.10 Å². The first-order valence-electron chi connectivity index (χ1n) is 9.59. The summed E-state index contributed by atoms with van der Waals surface area (Å²) in [6.45, 7) is 6.12. The fourth-order valence-corrected chi connectivity index (χ4v) is 4.40. The minimum atomic E-state index is -0.608. The van der Waals surface area contributed by atoms with Gasteiger partial charge in [0.2, 0.25) is 0 Å². The molecule has 2 unspecified atom stereocenters. The Balaban J connectivity index is 0.00000109. The zero-order valence-corrected chi connectivity index (χ0v) is 17.9. The van der Waals surface area contributed by atoms with Crippen LogP contribution in [0.4, 0.5) is 5.82 Å². The lowest BCUT2D eigenvalue weighted by atomic mass is 9.79. The normalized spacial score (nSPS) is 22.7. The molecule has 1 aliphatic carbocycles. The van der Waals surface area contributed by atoms with E-state index in [0.717, 1.165) is 35.9 Å². The molecule has 150 valence electrons. The summed E-state index contributed by atoms with van der Waals surface area (Å²) in [5.74, 6) is 0.491. The van der Waals surface area contributed by atoms with Crippen molar-refractivity contribution in [3.8, 4) is 0 Å². The van der Waals surface area contributed by atoms with Crippen LogP contribution in [0.25, 0.3) is 11.0 Å². The van der Waals surface area contributed by atoms with Gasteiger partial charge in [0.15, 0.2) is 0 Å². The van der Waals surface area contributed by atoms with Crippen LogP contribution in [0, 0.1) is 5.41 Å². The van der Waals surface area contributed by atoms with Crippen molar-refractivity contribution in [3.63, 3.8) is 0 Å². The highest BCUT2D eigenvalue weighted by Crippen LogP contribution is 2.52. The molecule has 1 aromatic carbocycles. The summed E-state index contributed by atoms with van der Waals surface area (Å²) in [5.41, 5.74) is 7.33. The van der Waals surface area contributed by atoms with Gasteiger partial charge in [-0.3, -0.25) is 0 Å². The van der Waals surface area contributed by atoms with Crippen LogP contribution in [0.15, 0.2) is 36.8 Å². The van der Waals surface area contributed by atoms with Crippen LogP contribution in [-0.4, -0.2) is 19.6 Å². The molecule has 5 nitrogen and oxygen atoms in total. The zero-order chi connectivity index (χ0) is 20.5. The van der Waals surface area contributed by atoms with Crippen LogP contribution in [0.1, 0.15) is 57.7 Å². The average molecular weight is 421 g/mol. The number of hydrogen-bond acceptors (Lipinski definition) is 4. The molecule has 0 radical (unpaired) electrons. The summed E-state index contributed by atoms with van der Waals surface area (Å²) in [4.78, 5) is 8.45. The van der Waals surface area contributed by atoms with E-state index in [0.29, 0.717) is 15.9 Å². The molecule has 7 heteroatoms. The van der Waals surface area contributed by atoms with Crippen molar-refractivity contribution in [2.75, 3.05) is 5.73 Å². The van der Waals surface area contributed by atoms with Gasteiger partial charge in [-0.2, -0.15) is 0 Å². The molecule has 2 heterocycles. The Labute approximate surface area is 175 Å². The van der Waals surface area contributed by atoms with Crippen LogP contribution < -0.4 is 5.73 Å². The second-order valence-electron chi connectivity index (χ2n) is 7.35. The summed E-state index contributed by atoms with van der Waals surface area (Å²) < 4.78 is 2.15. The lowest BCUT2D eigenvalue weighted by Crippen LogP contribution is -2.23. The number of fused-ring (bicyclic) bond motifs is 1. The van der Waals surface area contributed by atoms with Gasteiger partial charge < -0.3 is 15.4 Å². The monoisotopic (exact) mass is 420 g/mol. The Kier molecular flexibility index (Phi) is 6.18. The van der Waals surface area contributed by atoms with Crippen LogP contribution in [0.3, 0.4) is 0 Å². The molecule has 0 saturated heterocycles. The van der Waals surface area contributed by atoms with E-state index in [4.69, 9.17) is 28.9 Å². The predicted octanol–water partition coefficient (Wildman–Crippen LogP) is 5.81. The Morgan fingerprint density at radius 3 is 2.68 bits per heavy atom. The van der Waals surface area contributed by atoms with Gasteiger partial charge in [-0.05, 0) is 48.4 Å². The second kappa shape index (κ2) is 8.27. The molecule has 0 amide bonds. The molecule has 0 aliphatic heterocycles. The fourth-order valence-electron chi connectivity index (χ4n) is 4.09. The van der Waals surface area contributed by atoms with Gasteiger partial charge in [-0.1, -0.05) is 50.0 Å². The van der Waals surface area contributed by atoms with Crippen LogP contribution in [-0.2, 0) is 0 Å². The minimum Gasteiger partial charge on any atom is -0.388 e. The highest BCUT2D eigenvalue weighted by molar-refractivity contribution is 6.42. The van der Waals surface area contributed by atoms with Crippen molar-refractivity contribution in [1.82, 2.24) is 14.5 Å². The highest BCUT2D eigenvalue weighted by atomic mass is 35.5. The minimum absolute atomic E-state index is 0.253. The number of aromatic nitrogens is 3. The third-order valence-electron chi connectivity index (χ3n) is 5.60. The number of hydrogen-bond donors (Lipinski definition) is 2. The summed E-state index contributed by atoms with van der Waals surface area (Å²) in [7, 11) is 0. The Morgan fingerprint density at radius 1 is 1.21 bits per heavy atom. The lowest BCUT2D eigenvalue weighted by molar-refractivity contribution is 0.0382. The van der Waals surface area contributed by atoms with Gasteiger partial charge in [0, 0.05) is 12.2 Å². The molecule has 1 fully saturated rings. The summed E-state index contributed by atoms with van der Waals surface area (Å²) in [6.07, 6.45) is 5.60. The molecule has 3 aromatic rings. The number of halogens is 2. The van der Waals surface area contributed by atoms with Gasteiger partial charge >= 0.3 is 0 Å². The highest BCUT2D eigenvalue weighted by Gasteiger charge is 2.42. The molecule has 28 heavy (non-hydrogen) atoms. The maximum atomic E-state index is 11.0. The molecule has 1 aliphatic rings. The quantitative estimate of drug-likeness (QED) is 0.559. The fraction of sp³-hybridized carbons (Fsp3) is 0.429. The Bertz CT molecular complexity index is 974. The number of benzene rings is 1. The molecule has 3 atom stereocenters. The molecular formula is C21H26Cl2N4O. The van der Waals surface area contributed by atoms with E-state index in [1.54, 1.807) is 12.1 Å². The van der Waals surface area contributed by atoms with E-state index in [-0.39, 0.29) is 11.5 Å². The van der Waals surface area contributed by atoms with Gasteiger partial charge in [-0.15, -0.1) is 0 Å². The first-order chi connectivity index (χ1) is 13.4. The number of aliphatic hydroxyl groups excluding tert-OH is 1. The molecule has 4 rings (SSSR count). The van der Waals surface area contributed by atoms with E-state index in [1.165, 1.54) is 6.33 Å². The lowest BCUT2D eigenvalue weighted by Gasteiger charge is -2.31. The van der Waals surface area contributed by atoms with Crippen LogP contribution >= 0.6 is 23.2 Å². The van der Waals surface area contributed by atoms with E-state index in [9.17, 15) is 5.11 Å². The Morgan fingerprint density at radius 2 is 1.96 bits per heavy atom. The molecule has 0 bridgehead atoms. The van der Waals surface area contributed by atoms with Crippen molar-refractivity contribution in [2.24, 2.45) is 5.41 Å². The van der Waals surface area contributed by atoms with Crippen LogP contribution in [0.5, 0.6) is 0 Å². The third-order valence-corrected chi connectivity index (χ3v) is 6.34. The number of nitrogen functional groups attached to an aromatic ring is 1. The summed E-state index contributed by atoms with van der Waals surface area (Å²) in [6, 6.07) is 7.54. The topological polar surface area (TPSA) is 77.0 Å². The van der Waals surface area contributed by atoms with Gasteiger partial charge in [0.1, 0.15) is 17.8 Å². The van der Waals surface area contributed by atoms with Crippen molar-refractivity contribution >= 4 is 40.1 Å². The summed E-state index contributed by atoms with van der Waals surface area (Å²) >= 11 is 12.1. The second-order valence-corrected chi connectivity index (χ2v) is 8.16. The van der Waals surface area contributed by atoms with E-state index >= 15 is 0 Å². The first kappa shape index (κ1) is 20.9. The number of rotatable bonds is 3. The molecule has 3 N–H and O–H groups in total. The average Bonchev–Trinajstić information content (AvgIpc) is 3.30. The molecule has 2 aromatic heterocycles. The van der Waals surface area contributed by atoms with Gasteiger partial charge in [0.05, 0.1) is 21.5 Å². The van der Waals surface area contributed by atoms with Gasteiger partial charge in [-0.25, -0.2) is 9.97 Å². The summed E-state index contributed by atoms with van der Waals surface area (Å²) in [5, 5.41) is 12.8. The van der Waals surface area contributed by atoms with Crippen molar-refractivity contribution in [3.05, 3.63) is 52.4 Å². The third kappa shape index (κ3) is 3.71. The number of anilines is 1. The number of aliphatic hydroxyl groups is 1. The SMILES string of the molecule is CC.C[C@@]1(C(O)c2ccc(Cl)c(Cl)c2)CCC(n2ccc3c(N)ncnc32)C1. The molecular weight excluding hydrogens is 395 g/mol.